The van der Waals surface area contributed by atoms with Crippen LogP contribution in [0.2, 0.25) is 0 Å². The highest BCUT2D eigenvalue weighted by Gasteiger charge is 2.30. The molecule has 3 unspecified atom stereocenters. The minimum absolute atomic E-state index is 0.770. The van der Waals surface area contributed by atoms with Crippen LogP contribution in [-0.2, 0) is 0 Å². The highest BCUT2D eigenvalue weighted by Crippen LogP contribution is 2.35. The van der Waals surface area contributed by atoms with Gasteiger partial charge in [0.25, 0.3) is 0 Å². The summed E-state index contributed by atoms with van der Waals surface area (Å²) in [6.45, 7) is 10.5. The molecule has 16 heavy (non-hydrogen) atoms. The molecule has 0 bridgehead atoms. The Morgan fingerprint density at radius 2 is 2.00 bits per heavy atom. The van der Waals surface area contributed by atoms with E-state index in [9.17, 15) is 0 Å². The third-order valence-electron chi connectivity index (χ3n) is 3.58. The minimum Gasteiger partial charge on any atom is -0.313 e. The summed E-state index contributed by atoms with van der Waals surface area (Å²) in [5.74, 6) is 0.982. The van der Waals surface area contributed by atoms with Gasteiger partial charge in [-0.1, -0.05) is 34.1 Å². The zero-order valence-corrected chi connectivity index (χ0v) is 12.3. The standard InChI is InChI=1S/C14H29NS/c1-5-9-15-13-8-7-12(6-2)10-14(13)16-11(3)4/h11-15H,5-10H2,1-4H3. The largest absolute Gasteiger partial charge is 0.313 e. The van der Waals surface area contributed by atoms with Gasteiger partial charge in [-0.3, -0.25) is 0 Å². The lowest BCUT2D eigenvalue weighted by molar-refractivity contribution is 0.295. The van der Waals surface area contributed by atoms with Gasteiger partial charge >= 0.3 is 0 Å². The van der Waals surface area contributed by atoms with Crippen LogP contribution in [0.25, 0.3) is 0 Å². The molecule has 0 aromatic heterocycles. The number of hydrogen-bond donors (Lipinski definition) is 1. The van der Waals surface area contributed by atoms with Crippen molar-refractivity contribution in [3.63, 3.8) is 0 Å². The van der Waals surface area contributed by atoms with E-state index in [0.29, 0.717) is 0 Å². The predicted octanol–water partition coefficient (Wildman–Crippen LogP) is 4.07. The van der Waals surface area contributed by atoms with E-state index in [1.54, 1.807) is 0 Å². The molecule has 0 saturated heterocycles. The summed E-state index contributed by atoms with van der Waals surface area (Å²) in [6.07, 6.45) is 6.89. The Hall–Kier alpha value is 0.310. The fourth-order valence-electron chi connectivity index (χ4n) is 2.65. The van der Waals surface area contributed by atoms with Crippen molar-refractivity contribution in [3.05, 3.63) is 0 Å². The van der Waals surface area contributed by atoms with E-state index in [1.807, 2.05) is 0 Å². The van der Waals surface area contributed by atoms with Gasteiger partial charge in [-0.05, 0) is 43.4 Å². The average Bonchev–Trinajstić information content (AvgIpc) is 2.26. The number of hydrogen-bond acceptors (Lipinski definition) is 2. The molecule has 1 aliphatic carbocycles. The van der Waals surface area contributed by atoms with E-state index in [2.05, 4.69) is 44.8 Å². The van der Waals surface area contributed by atoms with Gasteiger partial charge in [0, 0.05) is 11.3 Å². The first-order valence-corrected chi connectivity index (χ1v) is 8.00. The Kier molecular flexibility index (Phi) is 6.83. The summed E-state index contributed by atoms with van der Waals surface area (Å²) in [5.41, 5.74) is 0. The normalized spacial score (nSPS) is 30.9. The van der Waals surface area contributed by atoms with Crippen molar-refractivity contribution >= 4 is 11.8 Å². The van der Waals surface area contributed by atoms with Gasteiger partial charge < -0.3 is 5.32 Å². The highest BCUT2D eigenvalue weighted by molar-refractivity contribution is 8.00. The van der Waals surface area contributed by atoms with Crippen molar-refractivity contribution in [1.82, 2.24) is 5.32 Å². The maximum absolute atomic E-state index is 3.75. The van der Waals surface area contributed by atoms with Crippen LogP contribution in [0, 0.1) is 5.92 Å². The van der Waals surface area contributed by atoms with Crippen LogP contribution >= 0.6 is 11.8 Å². The number of nitrogens with one attached hydrogen (secondary N) is 1. The Bertz CT molecular complexity index is 182. The van der Waals surface area contributed by atoms with Crippen LogP contribution in [0.1, 0.15) is 59.8 Å². The van der Waals surface area contributed by atoms with E-state index in [4.69, 9.17) is 0 Å². The monoisotopic (exact) mass is 243 g/mol. The van der Waals surface area contributed by atoms with Crippen molar-refractivity contribution in [1.29, 1.82) is 0 Å². The number of thioether (sulfide) groups is 1. The second-order valence-corrected chi connectivity index (χ2v) is 7.19. The van der Waals surface area contributed by atoms with Gasteiger partial charge in [0.05, 0.1) is 0 Å². The first-order chi connectivity index (χ1) is 7.67. The van der Waals surface area contributed by atoms with Crippen LogP contribution in [0.4, 0.5) is 0 Å². The van der Waals surface area contributed by atoms with E-state index in [1.165, 1.54) is 38.6 Å². The fourth-order valence-corrected chi connectivity index (χ4v) is 4.15. The molecule has 0 radical (unpaired) electrons. The molecule has 0 heterocycles. The molecule has 1 N–H and O–H groups in total. The van der Waals surface area contributed by atoms with E-state index >= 15 is 0 Å². The first-order valence-electron chi connectivity index (χ1n) is 7.06. The van der Waals surface area contributed by atoms with Crippen molar-refractivity contribution in [2.45, 2.75) is 76.3 Å². The van der Waals surface area contributed by atoms with Gasteiger partial charge in [0.15, 0.2) is 0 Å². The van der Waals surface area contributed by atoms with Gasteiger partial charge in [0.1, 0.15) is 0 Å². The summed E-state index contributed by atoms with van der Waals surface area (Å²) in [5, 5.41) is 5.37. The maximum Gasteiger partial charge on any atom is 0.0206 e. The molecule has 0 aromatic rings. The second kappa shape index (κ2) is 7.60. The van der Waals surface area contributed by atoms with Crippen LogP contribution in [0.3, 0.4) is 0 Å². The molecule has 3 atom stereocenters. The molecule has 1 aliphatic rings. The van der Waals surface area contributed by atoms with E-state index in [0.717, 1.165) is 22.5 Å². The molecule has 0 aliphatic heterocycles. The molecule has 2 heteroatoms. The minimum atomic E-state index is 0.770. The summed E-state index contributed by atoms with van der Waals surface area (Å²) < 4.78 is 0. The zero-order chi connectivity index (χ0) is 12.0. The lowest BCUT2D eigenvalue weighted by Crippen LogP contribution is -2.43. The zero-order valence-electron chi connectivity index (χ0n) is 11.5. The van der Waals surface area contributed by atoms with Crippen molar-refractivity contribution < 1.29 is 0 Å². The molecule has 0 amide bonds. The van der Waals surface area contributed by atoms with Crippen LogP contribution in [0.5, 0.6) is 0 Å². The summed E-state index contributed by atoms with van der Waals surface area (Å²) in [6, 6.07) is 0.773. The van der Waals surface area contributed by atoms with Crippen LogP contribution in [0.15, 0.2) is 0 Å². The van der Waals surface area contributed by atoms with Crippen LogP contribution in [-0.4, -0.2) is 23.1 Å². The van der Waals surface area contributed by atoms with Gasteiger partial charge in [-0.2, -0.15) is 11.8 Å². The molecule has 0 aromatic carbocycles. The molecular formula is C14H29NS. The number of rotatable bonds is 6. The lowest BCUT2D eigenvalue weighted by atomic mass is 9.84. The average molecular weight is 243 g/mol. The quantitative estimate of drug-likeness (QED) is 0.754. The Balaban J connectivity index is 2.46. The third kappa shape index (κ3) is 4.67. The van der Waals surface area contributed by atoms with Crippen molar-refractivity contribution in [3.8, 4) is 0 Å². The van der Waals surface area contributed by atoms with Crippen LogP contribution < -0.4 is 5.32 Å². The molecule has 96 valence electrons. The maximum atomic E-state index is 3.75. The van der Waals surface area contributed by atoms with Gasteiger partial charge in [-0.25, -0.2) is 0 Å². The topological polar surface area (TPSA) is 12.0 Å². The molecule has 1 nitrogen and oxygen atoms in total. The predicted molar refractivity (Wildman–Crippen MR) is 76.2 cm³/mol. The highest BCUT2D eigenvalue weighted by atomic mass is 32.2. The smallest absolute Gasteiger partial charge is 0.0206 e. The molecule has 0 spiro atoms. The SMILES string of the molecule is CCCNC1CCC(CC)CC1SC(C)C. The Morgan fingerprint density at radius 3 is 2.56 bits per heavy atom. The Labute approximate surface area is 106 Å². The molecular weight excluding hydrogens is 214 g/mol. The molecule has 1 fully saturated rings. The molecule has 1 rings (SSSR count). The summed E-state index contributed by atoms with van der Waals surface area (Å²) in [7, 11) is 0. The third-order valence-corrected chi connectivity index (χ3v) is 5.00. The lowest BCUT2D eigenvalue weighted by Gasteiger charge is -2.37. The van der Waals surface area contributed by atoms with Crippen molar-refractivity contribution in [2.75, 3.05) is 6.54 Å². The Morgan fingerprint density at radius 1 is 1.25 bits per heavy atom. The van der Waals surface area contributed by atoms with E-state index in [-0.39, 0.29) is 0 Å². The molecule has 1 saturated carbocycles. The van der Waals surface area contributed by atoms with Crippen molar-refractivity contribution in [2.24, 2.45) is 5.92 Å². The summed E-state index contributed by atoms with van der Waals surface area (Å²) >= 11 is 2.19. The van der Waals surface area contributed by atoms with Gasteiger partial charge in [-0.15, -0.1) is 0 Å². The fraction of sp³-hybridized carbons (Fsp3) is 1.00. The first kappa shape index (κ1) is 14.4. The summed E-state index contributed by atoms with van der Waals surface area (Å²) in [4.78, 5) is 0. The van der Waals surface area contributed by atoms with E-state index < -0.39 is 0 Å². The van der Waals surface area contributed by atoms with Gasteiger partial charge in [0.2, 0.25) is 0 Å². The second-order valence-electron chi connectivity index (χ2n) is 5.37.